The molecule has 4 heteroatoms. The summed E-state index contributed by atoms with van der Waals surface area (Å²) in [5, 5.41) is 0.640. The van der Waals surface area contributed by atoms with Crippen molar-refractivity contribution >= 4 is 28.3 Å². The predicted molar refractivity (Wildman–Crippen MR) is 59.5 cm³/mol. The van der Waals surface area contributed by atoms with E-state index in [1.807, 2.05) is 6.07 Å². The van der Waals surface area contributed by atoms with Crippen LogP contribution in [0.15, 0.2) is 12.1 Å². The molecule has 1 heterocycles. The summed E-state index contributed by atoms with van der Waals surface area (Å²) < 4.78 is 0. The van der Waals surface area contributed by atoms with Crippen LogP contribution in [0, 0.1) is 0 Å². The van der Waals surface area contributed by atoms with Crippen LogP contribution in [-0.2, 0) is 6.42 Å². The van der Waals surface area contributed by atoms with Crippen molar-refractivity contribution < 1.29 is 0 Å². The Bertz CT molecular complexity index is 462. The highest BCUT2D eigenvalue weighted by molar-refractivity contribution is 6.31. The molecule has 0 spiro atoms. The first-order valence-corrected chi connectivity index (χ1v) is 5.02. The van der Waals surface area contributed by atoms with Gasteiger partial charge in [0, 0.05) is 11.4 Å². The van der Waals surface area contributed by atoms with Crippen molar-refractivity contribution in [1.29, 1.82) is 0 Å². The number of nitrogens with one attached hydrogen (secondary N) is 1. The van der Waals surface area contributed by atoms with Gasteiger partial charge in [0.15, 0.2) is 0 Å². The van der Waals surface area contributed by atoms with Crippen LogP contribution in [0.25, 0.3) is 11.0 Å². The van der Waals surface area contributed by atoms with Crippen molar-refractivity contribution in [2.45, 2.75) is 19.8 Å². The molecule has 0 radical (unpaired) electrons. The standard InChI is InChI=1S/C10H12ClN3/c1-2-3-9-13-8-5-6(11)4-7(12)10(8)14-9/h4-5H,2-3,12H2,1H3,(H,13,14). The maximum atomic E-state index is 5.88. The number of fused-ring (bicyclic) bond motifs is 1. The monoisotopic (exact) mass is 209 g/mol. The fourth-order valence-corrected chi connectivity index (χ4v) is 1.74. The van der Waals surface area contributed by atoms with Crippen LogP contribution < -0.4 is 5.73 Å². The van der Waals surface area contributed by atoms with E-state index in [9.17, 15) is 0 Å². The average molecular weight is 210 g/mol. The Morgan fingerprint density at radius 2 is 2.29 bits per heavy atom. The highest BCUT2D eigenvalue weighted by Crippen LogP contribution is 2.24. The van der Waals surface area contributed by atoms with E-state index in [1.165, 1.54) is 0 Å². The minimum absolute atomic E-state index is 0.631. The fourth-order valence-electron chi connectivity index (χ4n) is 1.51. The predicted octanol–water partition coefficient (Wildman–Crippen LogP) is 2.75. The molecular weight excluding hydrogens is 198 g/mol. The minimum atomic E-state index is 0.631. The molecular formula is C10H12ClN3. The fraction of sp³-hybridized carbons (Fsp3) is 0.300. The number of rotatable bonds is 2. The molecule has 0 bridgehead atoms. The van der Waals surface area contributed by atoms with Gasteiger partial charge in [-0.15, -0.1) is 0 Å². The zero-order chi connectivity index (χ0) is 10.1. The SMILES string of the molecule is CCCc1nc2c(N)cc(Cl)cc2[nH]1. The minimum Gasteiger partial charge on any atom is -0.397 e. The van der Waals surface area contributed by atoms with E-state index in [0.29, 0.717) is 10.7 Å². The van der Waals surface area contributed by atoms with E-state index in [-0.39, 0.29) is 0 Å². The number of aromatic amines is 1. The largest absolute Gasteiger partial charge is 0.397 e. The molecule has 74 valence electrons. The summed E-state index contributed by atoms with van der Waals surface area (Å²) in [7, 11) is 0. The molecule has 1 aromatic carbocycles. The van der Waals surface area contributed by atoms with Gasteiger partial charge in [0.1, 0.15) is 11.3 Å². The number of anilines is 1. The summed E-state index contributed by atoms with van der Waals surface area (Å²) >= 11 is 5.88. The Morgan fingerprint density at radius 1 is 1.50 bits per heavy atom. The van der Waals surface area contributed by atoms with Gasteiger partial charge in [0.25, 0.3) is 0 Å². The van der Waals surface area contributed by atoms with Gasteiger partial charge in [-0.1, -0.05) is 18.5 Å². The van der Waals surface area contributed by atoms with Crippen molar-refractivity contribution in [3.05, 3.63) is 23.0 Å². The first-order valence-electron chi connectivity index (χ1n) is 4.64. The van der Waals surface area contributed by atoms with E-state index >= 15 is 0 Å². The third-order valence-corrected chi connectivity index (χ3v) is 2.33. The first-order chi connectivity index (χ1) is 6.70. The lowest BCUT2D eigenvalue weighted by Gasteiger charge is -1.94. The van der Waals surface area contributed by atoms with Crippen LogP contribution in [0.4, 0.5) is 5.69 Å². The number of nitrogen functional groups attached to an aromatic ring is 1. The molecule has 0 saturated carbocycles. The van der Waals surface area contributed by atoms with Gasteiger partial charge in [0.05, 0.1) is 11.2 Å². The van der Waals surface area contributed by atoms with E-state index < -0.39 is 0 Å². The van der Waals surface area contributed by atoms with Gasteiger partial charge in [-0.3, -0.25) is 0 Å². The van der Waals surface area contributed by atoms with Gasteiger partial charge < -0.3 is 10.7 Å². The number of H-pyrrole nitrogens is 1. The first kappa shape index (κ1) is 9.34. The van der Waals surface area contributed by atoms with E-state index in [2.05, 4.69) is 16.9 Å². The molecule has 0 unspecified atom stereocenters. The normalized spacial score (nSPS) is 11.0. The Morgan fingerprint density at radius 3 is 3.00 bits per heavy atom. The molecule has 0 aliphatic rings. The zero-order valence-corrected chi connectivity index (χ0v) is 8.73. The number of hydrogen-bond donors (Lipinski definition) is 2. The number of aromatic nitrogens is 2. The number of halogens is 1. The third kappa shape index (κ3) is 1.55. The Kier molecular flexibility index (Phi) is 2.33. The van der Waals surface area contributed by atoms with Crippen LogP contribution in [0.2, 0.25) is 5.02 Å². The maximum absolute atomic E-state index is 5.88. The molecule has 0 aliphatic carbocycles. The van der Waals surface area contributed by atoms with Crippen LogP contribution in [-0.4, -0.2) is 9.97 Å². The van der Waals surface area contributed by atoms with Crippen LogP contribution in [0.3, 0.4) is 0 Å². The smallest absolute Gasteiger partial charge is 0.112 e. The van der Waals surface area contributed by atoms with Crippen LogP contribution in [0.5, 0.6) is 0 Å². The average Bonchev–Trinajstić information content (AvgIpc) is 2.48. The van der Waals surface area contributed by atoms with Crippen molar-refractivity contribution in [3.63, 3.8) is 0 Å². The van der Waals surface area contributed by atoms with E-state index in [0.717, 1.165) is 29.7 Å². The summed E-state index contributed by atoms with van der Waals surface area (Å²) in [6.07, 6.45) is 2.00. The lowest BCUT2D eigenvalue weighted by molar-refractivity contribution is 0.861. The summed E-state index contributed by atoms with van der Waals surface area (Å²) in [4.78, 5) is 7.61. The van der Waals surface area contributed by atoms with E-state index in [4.69, 9.17) is 17.3 Å². The molecule has 2 aromatic rings. The van der Waals surface area contributed by atoms with Gasteiger partial charge in [-0.2, -0.15) is 0 Å². The van der Waals surface area contributed by atoms with Gasteiger partial charge >= 0.3 is 0 Å². The van der Waals surface area contributed by atoms with Crippen molar-refractivity contribution in [2.75, 3.05) is 5.73 Å². The molecule has 1 aromatic heterocycles. The highest BCUT2D eigenvalue weighted by Gasteiger charge is 2.06. The van der Waals surface area contributed by atoms with Gasteiger partial charge in [-0.25, -0.2) is 4.98 Å². The van der Waals surface area contributed by atoms with Crippen LogP contribution >= 0.6 is 11.6 Å². The maximum Gasteiger partial charge on any atom is 0.112 e. The highest BCUT2D eigenvalue weighted by atomic mass is 35.5. The number of imidazole rings is 1. The Balaban J connectivity index is 2.58. The number of nitrogens with zero attached hydrogens (tertiary/aromatic N) is 1. The number of nitrogens with two attached hydrogens (primary N) is 1. The summed E-state index contributed by atoms with van der Waals surface area (Å²) in [5.41, 5.74) is 8.16. The molecule has 0 aliphatic heterocycles. The molecule has 14 heavy (non-hydrogen) atoms. The van der Waals surface area contributed by atoms with Gasteiger partial charge in [0.2, 0.25) is 0 Å². The molecule has 2 rings (SSSR count). The van der Waals surface area contributed by atoms with Crippen LogP contribution in [0.1, 0.15) is 19.2 Å². The van der Waals surface area contributed by atoms with E-state index in [1.54, 1.807) is 6.07 Å². The number of hydrogen-bond acceptors (Lipinski definition) is 2. The second-order valence-electron chi connectivity index (χ2n) is 3.32. The topological polar surface area (TPSA) is 54.7 Å². The molecule has 0 amide bonds. The summed E-state index contributed by atoms with van der Waals surface area (Å²) in [6.45, 7) is 2.11. The lowest BCUT2D eigenvalue weighted by atomic mass is 10.3. The summed E-state index contributed by atoms with van der Waals surface area (Å²) in [6, 6.07) is 3.57. The molecule has 0 saturated heterocycles. The molecule has 0 atom stereocenters. The second kappa shape index (κ2) is 3.50. The Hall–Kier alpha value is -1.22. The zero-order valence-electron chi connectivity index (χ0n) is 7.97. The Labute approximate surface area is 87.3 Å². The second-order valence-corrected chi connectivity index (χ2v) is 3.76. The van der Waals surface area contributed by atoms with Crippen molar-refractivity contribution in [3.8, 4) is 0 Å². The summed E-state index contributed by atoms with van der Waals surface area (Å²) in [5.74, 6) is 0.969. The quantitative estimate of drug-likeness (QED) is 0.748. The van der Waals surface area contributed by atoms with Gasteiger partial charge in [-0.05, 0) is 18.6 Å². The van der Waals surface area contributed by atoms with Crippen molar-refractivity contribution in [1.82, 2.24) is 9.97 Å². The number of aryl methyl sites for hydroxylation is 1. The van der Waals surface area contributed by atoms with Crippen molar-refractivity contribution in [2.24, 2.45) is 0 Å². The molecule has 3 N–H and O–H groups in total. The molecule has 0 fully saturated rings. The number of benzene rings is 1. The molecule has 3 nitrogen and oxygen atoms in total. The third-order valence-electron chi connectivity index (χ3n) is 2.12. The lowest BCUT2D eigenvalue weighted by Crippen LogP contribution is -1.87.